The molecule has 0 atom stereocenters. The van der Waals surface area contributed by atoms with E-state index in [1.165, 1.54) is 12.8 Å². The van der Waals surface area contributed by atoms with Crippen LogP contribution in [0.1, 0.15) is 36.9 Å². The molecule has 0 aliphatic heterocycles. The highest BCUT2D eigenvalue weighted by molar-refractivity contribution is 5.67. The fourth-order valence-electron chi connectivity index (χ4n) is 3.19. The molecule has 124 valence electrons. The van der Waals surface area contributed by atoms with E-state index < -0.39 is 0 Å². The molecule has 0 aromatic carbocycles. The molecule has 1 aliphatic rings. The van der Waals surface area contributed by atoms with E-state index in [1.807, 2.05) is 35.8 Å². The molecule has 0 bridgehead atoms. The number of fused-ring (bicyclic) bond motifs is 1. The summed E-state index contributed by atoms with van der Waals surface area (Å²) in [4.78, 5) is 8.86. The Morgan fingerprint density at radius 2 is 2.12 bits per heavy atom. The number of pyridine rings is 1. The third-order valence-electron chi connectivity index (χ3n) is 4.39. The first kappa shape index (κ1) is 14.9. The zero-order chi connectivity index (χ0) is 16.4. The SMILES string of the molecule is Cc1cc2c(NCc3cccnc3OC3CCCC3)nccn2n1. The van der Waals surface area contributed by atoms with Gasteiger partial charge < -0.3 is 10.1 Å². The average Bonchev–Trinajstić information content (AvgIpc) is 3.22. The molecule has 1 fully saturated rings. The quantitative estimate of drug-likeness (QED) is 0.780. The molecule has 0 spiro atoms. The molecule has 1 aliphatic carbocycles. The number of rotatable bonds is 5. The van der Waals surface area contributed by atoms with Crippen molar-refractivity contribution < 1.29 is 4.74 Å². The van der Waals surface area contributed by atoms with Crippen LogP contribution < -0.4 is 10.1 Å². The molecular formula is C18H21N5O. The second-order valence-electron chi connectivity index (χ2n) is 6.24. The van der Waals surface area contributed by atoms with Gasteiger partial charge in [-0.1, -0.05) is 6.07 Å². The molecular weight excluding hydrogens is 302 g/mol. The van der Waals surface area contributed by atoms with Crippen LogP contribution in [0.2, 0.25) is 0 Å². The lowest BCUT2D eigenvalue weighted by Gasteiger charge is -2.15. The monoisotopic (exact) mass is 323 g/mol. The van der Waals surface area contributed by atoms with Gasteiger partial charge >= 0.3 is 0 Å². The standard InChI is InChI=1S/C18H21N5O/c1-13-11-16-17(19-9-10-23(16)22-13)21-12-14-5-4-8-20-18(14)24-15-6-2-3-7-15/h4-5,8-11,15H,2-3,6-7,12H2,1H3,(H,19,21). The Bertz CT molecular complexity index is 838. The predicted molar refractivity (Wildman–Crippen MR) is 92.2 cm³/mol. The first-order chi connectivity index (χ1) is 11.8. The number of hydrogen-bond acceptors (Lipinski definition) is 5. The van der Waals surface area contributed by atoms with Crippen LogP contribution in [0.4, 0.5) is 5.82 Å². The lowest BCUT2D eigenvalue weighted by Crippen LogP contribution is -2.14. The second kappa shape index (κ2) is 6.47. The Kier molecular flexibility index (Phi) is 4.02. The number of aromatic nitrogens is 4. The van der Waals surface area contributed by atoms with Crippen LogP contribution >= 0.6 is 0 Å². The van der Waals surface area contributed by atoms with E-state index in [1.54, 1.807) is 12.4 Å². The minimum atomic E-state index is 0.303. The molecule has 0 unspecified atom stereocenters. The van der Waals surface area contributed by atoms with Crippen molar-refractivity contribution in [2.75, 3.05) is 5.32 Å². The number of anilines is 1. The fourth-order valence-corrected chi connectivity index (χ4v) is 3.19. The zero-order valence-electron chi connectivity index (χ0n) is 13.8. The average molecular weight is 323 g/mol. The second-order valence-corrected chi connectivity index (χ2v) is 6.24. The molecule has 3 aromatic heterocycles. The van der Waals surface area contributed by atoms with Gasteiger partial charge in [-0.2, -0.15) is 5.10 Å². The maximum Gasteiger partial charge on any atom is 0.218 e. The van der Waals surface area contributed by atoms with Crippen LogP contribution in [0.15, 0.2) is 36.8 Å². The summed E-state index contributed by atoms with van der Waals surface area (Å²) in [7, 11) is 0. The number of nitrogens with zero attached hydrogens (tertiary/aromatic N) is 4. The van der Waals surface area contributed by atoms with E-state index in [9.17, 15) is 0 Å². The van der Waals surface area contributed by atoms with E-state index in [0.717, 1.165) is 41.3 Å². The Labute approximate surface area is 140 Å². The topological polar surface area (TPSA) is 64.3 Å². The van der Waals surface area contributed by atoms with Crippen molar-refractivity contribution in [2.24, 2.45) is 0 Å². The summed E-state index contributed by atoms with van der Waals surface area (Å²) in [5.41, 5.74) is 2.99. The molecule has 4 rings (SSSR count). The summed E-state index contributed by atoms with van der Waals surface area (Å²) >= 11 is 0. The van der Waals surface area contributed by atoms with Gasteiger partial charge in [0, 0.05) is 30.7 Å². The Morgan fingerprint density at radius 3 is 3.00 bits per heavy atom. The molecule has 0 radical (unpaired) electrons. The van der Waals surface area contributed by atoms with Crippen molar-refractivity contribution in [1.29, 1.82) is 0 Å². The van der Waals surface area contributed by atoms with Crippen LogP contribution in [0, 0.1) is 6.92 Å². The molecule has 0 amide bonds. The van der Waals surface area contributed by atoms with Gasteiger partial charge in [0.05, 0.1) is 5.69 Å². The third-order valence-corrected chi connectivity index (χ3v) is 4.39. The van der Waals surface area contributed by atoms with Gasteiger partial charge in [0.25, 0.3) is 0 Å². The summed E-state index contributed by atoms with van der Waals surface area (Å²) < 4.78 is 7.93. The van der Waals surface area contributed by atoms with Crippen LogP contribution in [0.25, 0.3) is 5.52 Å². The Hall–Kier alpha value is -2.63. The molecule has 6 nitrogen and oxygen atoms in total. The van der Waals surface area contributed by atoms with Gasteiger partial charge in [0.1, 0.15) is 11.6 Å². The summed E-state index contributed by atoms with van der Waals surface area (Å²) in [6, 6.07) is 6.01. The molecule has 1 saturated carbocycles. The molecule has 6 heteroatoms. The highest BCUT2D eigenvalue weighted by atomic mass is 16.5. The van der Waals surface area contributed by atoms with Gasteiger partial charge in [0.15, 0.2) is 5.82 Å². The van der Waals surface area contributed by atoms with Gasteiger partial charge in [-0.05, 0) is 44.7 Å². The molecule has 3 heterocycles. The van der Waals surface area contributed by atoms with Crippen molar-refractivity contribution in [3.8, 4) is 5.88 Å². The van der Waals surface area contributed by atoms with Gasteiger partial charge in [0.2, 0.25) is 5.88 Å². The summed E-state index contributed by atoms with van der Waals surface area (Å²) in [6.45, 7) is 2.60. The smallest absolute Gasteiger partial charge is 0.218 e. The highest BCUT2D eigenvalue weighted by Gasteiger charge is 2.18. The summed E-state index contributed by atoms with van der Waals surface area (Å²) in [5.74, 6) is 1.54. The van der Waals surface area contributed by atoms with E-state index in [0.29, 0.717) is 12.6 Å². The molecule has 3 aromatic rings. The van der Waals surface area contributed by atoms with Crippen LogP contribution in [-0.4, -0.2) is 25.7 Å². The van der Waals surface area contributed by atoms with Crippen molar-refractivity contribution in [3.05, 3.63) is 48.0 Å². The molecule has 24 heavy (non-hydrogen) atoms. The van der Waals surface area contributed by atoms with E-state index in [2.05, 4.69) is 20.4 Å². The van der Waals surface area contributed by atoms with Gasteiger partial charge in [-0.25, -0.2) is 14.5 Å². The first-order valence-electron chi connectivity index (χ1n) is 8.45. The third kappa shape index (κ3) is 3.04. The zero-order valence-corrected chi connectivity index (χ0v) is 13.8. The van der Waals surface area contributed by atoms with Crippen LogP contribution in [0.3, 0.4) is 0 Å². The van der Waals surface area contributed by atoms with E-state index in [-0.39, 0.29) is 0 Å². The van der Waals surface area contributed by atoms with Crippen molar-refractivity contribution in [3.63, 3.8) is 0 Å². The largest absolute Gasteiger partial charge is 0.474 e. The minimum absolute atomic E-state index is 0.303. The predicted octanol–water partition coefficient (Wildman–Crippen LogP) is 3.37. The van der Waals surface area contributed by atoms with E-state index in [4.69, 9.17) is 4.74 Å². The lowest BCUT2D eigenvalue weighted by molar-refractivity contribution is 0.199. The normalized spacial score (nSPS) is 15.0. The number of aryl methyl sites for hydroxylation is 1. The van der Waals surface area contributed by atoms with Gasteiger partial charge in [-0.15, -0.1) is 0 Å². The summed E-state index contributed by atoms with van der Waals surface area (Å²) in [5, 5.41) is 7.81. The van der Waals surface area contributed by atoms with Gasteiger partial charge in [-0.3, -0.25) is 0 Å². The Morgan fingerprint density at radius 1 is 1.25 bits per heavy atom. The number of hydrogen-bond donors (Lipinski definition) is 1. The first-order valence-corrected chi connectivity index (χ1v) is 8.45. The summed E-state index contributed by atoms with van der Waals surface area (Å²) in [6.07, 6.45) is 10.4. The van der Waals surface area contributed by atoms with Crippen molar-refractivity contribution >= 4 is 11.3 Å². The fraction of sp³-hybridized carbons (Fsp3) is 0.389. The molecule has 0 saturated heterocycles. The number of ether oxygens (including phenoxy) is 1. The maximum absolute atomic E-state index is 6.10. The lowest BCUT2D eigenvalue weighted by atomic mass is 10.2. The van der Waals surface area contributed by atoms with Crippen LogP contribution in [0.5, 0.6) is 5.88 Å². The van der Waals surface area contributed by atoms with Crippen molar-refractivity contribution in [2.45, 2.75) is 45.3 Å². The highest BCUT2D eigenvalue weighted by Crippen LogP contribution is 2.25. The van der Waals surface area contributed by atoms with Crippen molar-refractivity contribution in [1.82, 2.24) is 19.6 Å². The minimum Gasteiger partial charge on any atom is -0.474 e. The number of nitrogens with one attached hydrogen (secondary N) is 1. The van der Waals surface area contributed by atoms with Crippen LogP contribution in [-0.2, 0) is 6.54 Å². The van der Waals surface area contributed by atoms with E-state index >= 15 is 0 Å². The molecule has 1 N–H and O–H groups in total. The maximum atomic E-state index is 6.10. The Balaban J connectivity index is 1.52.